The van der Waals surface area contributed by atoms with Gasteiger partial charge < -0.3 is 18.3 Å². The van der Waals surface area contributed by atoms with Gasteiger partial charge >= 0.3 is 0 Å². The lowest BCUT2D eigenvalue weighted by atomic mass is 9.92. The van der Waals surface area contributed by atoms with Crippen LogP contribution in [0.15, 0.2) is 212 Å². The van der Waals surface area contributed by atoms with Gasteiger partial charge in [0.1, 0.15) is 17.3 Å². The Hall–Kier alpha value is -10.9. The average Bonchev–Trinajstić information content (AvgIpc) is 1.63. The summed E-state index contributed by atoms with van der Waals surface area (Å²) in [6.07, 6.45) is 1.91. The molecule has 7 heteroatoms. The van der Waals surface area contributed by atoms with Gasteiger partial charge in [0.05, 0.1) is 78.1 Å². The quantitative estimate of drug-likeness (QED) is 0.167. The fraction of sp³-hybridized carbons (Fsp3) is 0.100. The minimum Gasteiger partial charge on any atom is -0.306 e. The van der Waals surface area contributed by atoms with Crippen LogP contribution >= 0.6 is 0 Å². The molecule has 414 valence electrons. The number of aryl methyl sites for hydroxylation is 8. The molecule has 0 aliphatic rings. The predicted molar refractivity (Wildman–Crippen MR) is 364 cm³/mol. The van der Waals surface area contributed by atoms with Gasteiger partial charge in [0.15, 0.2) is 0 Å². The third kappa shape index (κ3) is 7.19. The molecule has 0 aliphatic carbocycles. The van der Waals surface area contributed by atoms with E-state index < -0.39 is 0 Å². The van der Waals surface area contributed by atoms with E-state index in [0.717, 1.165) is 171 Å². The summed E-state index contributed by atoms with van der Waals surface area (Å²) in [7, 11) is 0. The Kier molecular flexibility index (Phi) is 10.8. The minimum atomic E-state index is 0.531. The zero-order valence-corrected chi connectivity index (χ0v) is 49.8. The number of rotatable bonds is 6. The smallest absolute Gasteiger partial charge is 0.145 e. The molecule has 0 aliphatic heterocycles. The second kappa shape index (κ2) is 18.5. The van der Waals surface area contributed by atoms with Crippen molar-refractivity contribution in [1.82, 2.24) is 27.8 Å². The van der Waals surface area contributed by atoms with E-state index in [1.165, 1.54) is 22.3 Å². The maximum atomic E-state index is 13.3. The van der Waals surface area contributed by atoms with Gasteiger partial charge in [0.2, 0.25) is 0 Å². The summed E-state index contributed by atoms with van der Waals surface area (Å²) in [5.74, 6) is 0. The van der Waals surface area contributed by atoms with E-state index in [-0.39, 0.29) is 0 Å². The molecular formula is C80H59N7. The fourth-order valence-corrected chi connectivity index (χ4v) is 14.8. The van der Waals surface area contributed by atoms with Crippen molar-refractivity contribution in [3.63, 3.8) is 0 Å². The lowest BCUT2D eigenvalue weighted by Gasteiger charge is -2.30. The Labute approximate surface area is 503 Å². The van der Waals surface area contributed by atoms with E-state index in [9.17, 15) is 5.26 Å². The summed E-state index contributed by atoms with van der Waals surface area (Å²) >= 11 is 0. The van der Waals surface area contributed by atoms with Crippen molar-refractivity contribution < 1.29 is 0 Å². The number of aromatic nitrogens is 6. The van der Waals surface area contributed by atoms with Crippen LogP contribution in [0.5, 0.6) is 0 Å². The minimum absolute atomic E-state index is 0.531. The Balaban J connectivity index is 1.25. The highest BCUT2D eigenvalue weighted by atomic mass is 15.1. The average molecular weight is 1120 g/mol. The van der Waals surface area contributed by atoms with Crippen molar-refractivity contribution in [2.45, 2.75) is 55.4 Å². The first-order chi connectivity index (χ1) is 42.4. The molecule has 0 amide bonds. The third-order valence-electron chi connectivity index (χ3n) is 18.6. The number of fused-ring (bicyclic) bond motifs is 15. The van der Waals surface area contributed by atoms with Crippen molar-refractivity contribution >= 4 is 109 Å². The number of benzene rings is 11. The van der Waals surface area contributed by atoms with Crippen LogP contribution in [0.2, 0.25) is 0 Å². The molecule has 0 radical (unpaired) electrons. The number of nitrogens with zero attached hydrogens (tertiary/aromatic N) is 7. The number of hydrogen-bond acceptors (Lipinski definition) is 2. The van der Waals surface area contributed by atoms with E-state index in [4.69, 9.17) is 4.98 Å². The summed E-state index contributed by atoms with van der Waals surface area (Å²) in [6.45, 7) is 17.5. The van der Waals surface area contributed by atoms with Crippen molar-refractivity contribution in [1.29, 1.82) is 5.26 Å². The lowest BCUT2D eigenvalue weighted by Crippen LogP contribution is -2.17. The monoisotopic (exact) mass is 1120 g/mol. The maximum Gasteiger partial charge on any atom is 0.145 e. The van der Waals surface area contributed by atoms with Crippen LogP contribution in [0.3, 0.4) is 0 Å². The van der Waals surface area contributed by atoms with Crippen LogP contribution in [0.25, 0.3) is 149 Å². The van der Waals surface area contributed by atoms with Crippen molar-refractivity contribution in [2.24, 2.45) is 0 Å². The number of pyridine rings is 1. The van der Waals surface area contributed by atoms with Gasteiger partial charge in [-0.15, -0.1) is 0 Å². The molecule has 11 aromatic carbocycles. The molecule has 0 atom stereocenters. The number of nitriles is 1. The molecule has 7 nitrogen and oxygen atoms in total. The molecule has 0 saturated heterocycles. The fourth-order valence-electron chi connectivity index (χ4n) is 14.8. The second-order valence-corrected chi connectivity index (χ2v) is 24.5. The molecule has 17 rings (SSSR count). The lowest BCUT2D eigenvalue weighted by molar-refractivity contribution is 1.03. The Bertz CT molecular complexity index is 5370. The molecule has 0 spiro atoms. The molecule has 0 fully saturated rings. The first kappa shape index (κ1) is 50.6. The molecule has 17 aromatic rings. The molecule has 0 bridgehead atoms. The van der Waals surface area contributed by atoms with Gasteiger partial charge in [-0.25, -0.2) is 4.98 Å². The summed E-state index contributed by atoms with van der Waals surface area (Å²) in [4.78, 5) is 5.28. The van der Waals surface area contributed by atoms with Crippen LogP contribution in [-0.4, -0.2) is 27.8 Å². The van der Waals surface area contributed by atoms with Gasteiger partial charge in [-0.05, 0) is 177 Å². The third-order valence-corrected chi connectivity index (χ3v) is 18.6. The van der Waals surface area contributed by atoms with E-state index in [1.807, 2.05) is 12.3 Å². The van der Waals surface area contributed by atoms with E-state index in [1.54, 1.807) is 0 Å². The maximum absolute atomic E-state index is 13.3. The highest BCUT2D eigenvalue weighted by Gasteiger charge is 2.36. The van der Waals surface area contributed by atoms with Crippen LogP contribution in [-0.2, 0) is 0 Å². The molecule has 6 aromatic heterocycles. The molecular weight excluding hydrogens is 1060 g/mol. The van der Waals surface area contributed by atoms with Gasteiger partial charge in [0.25, 0.3) is 0 Å². The SMILES string of the molecule is Cc1ccc2c(c1)c1cc(C)ccc1n2-c1c(C#N)c(-n2c3ccc(C)cc3c3cc(C)ccc32)c(-n2c3ccc(C)cc3c3cc(C)ccc32)c(-c2ccccc2-n2c3ccccc3c3cccnc32)c1-n1c2ccc(C)cc2c2cc(C)ccc21. The molecule has 6 heterocycles. The molecule has 0 saturated carbocycles. The predicted octanol–water partition coefficient (Wildman–Crippen LogP) is 20.6. The zero-order chi connectivity index (χ0) is 58.8. The molecule has 87 heavy (non-hydrogen) atoms. The number of hydrogen-bond donors (Lipinski definition) is 0. The Morgan fingerprint density at radius 1 is 0.287 bits per heavy atom. The highest BCUT2D eigenvalue weighted by molar-refractivity contribution is 6.18. The summed E-state index contributed by atoms with van der Waals surface area (Å²) < 4.78 is 12.3. The normalized spacial score (nSPS) is 12.1. The summed E-state index contributed by atoms with van der Waals surface area (Å²) in [6, 6.07) is 79.9. The van der Waals surface area contributed by atoms with Crippen LogP contribution in [0.4, 0.5) is 0 Å². The van der Waals surface area contributed by atoms with E-state index in [2.05, 4.69) is 284 Å². The number of para-hydroxylation sites is 2. The van der Waals surface area contributed by atoms with Crippen LogP contribution in [0.1, 0.15) is 50.1 Å². The van der Waals surface area contributed by atoms with Gasteiger partial charge in [0, 0.05) is 71.2 Å². The van der Waals surface area contributed by atoms with E-state index >= 15 is 0 Å². The second-order valence-electron chi connectivity index (χ2n) is 24.5. The standard InChI is InChI=1S/C80H59N7/c1-45-19-27-67-56(36-45)57-37-46(2)20-28-68(57)83(67)76-64(44-81)77(84-69-29-21-47(3)38-58(69)59-39-48(4)22-30-70(59)84)79(86-73-33-25-51(7)42-62(73)63-43-52(8)26-34-74(63)86)75(78(76)85-71-31-23-49(5)40-60(71)61-41-50(6)24-32-72(61)85)55-15-10-12-18-66(55)87-65-17-11-9-14-53(65)54-16-13-35-82-80(54)87/h9-43H,1-8H3. The zero-order valence-electron chi connectivity index (χ0n) is 49.8. The topological polar surface area (TPSA) is 61.3 Å². The van der Waals surface area contributed by atoms with Crippen molar-refractivity contribution in [3.05, 3.63) is 263 Å². The highest BCUT2D eigenvalue weighted by Crippen LogP contribution is 2.54. The largest absolute Gasteiger partial charge is 0.306 e. The summed E-state index contributed by atoms with van der Waals surface area (Å²) in [5, 5.41) is 24.5. The van der Waals surface area contributed by atoms with Gasteiger partial charge in [-0.3, -0.25) is 4.57 Å². The Morgan fingerprint density at radius 2 is 0.586 bits per heavy atom. The van der Waals surface area contributed by atoms with Gasteiger partial charge in [-0.1, -0.05) is 129 Å². The first-order valence-corrected chi connectivity index (χ1v) is 30.1. The van der Waals surface area contributed by atoms with Crippen molar-refractivity contribution in [3.8, 4) is 45.6 Å². The first-order valence-electron chi connectivity index (χ1n) is 30.1. The Morgan fingerprint density at radius 3 is 0.943 bits per heavy atom. The molecule has 0 N–H and O–H groups in total. The van der Waals surface area contributed by atoms with Crippen molar-refractivity contribution in [2.75, 3.05) is 0 Å². The van der Waals surface area contributed by atoms with Gasteiger partial charge in [-0.2, -0.15) is 5.26 Å². The van der Waals surface area contributed by atoms with E-state index in [0.29, 0.717) is 5.56 Å². The van der Waals surface area contributed by atoms with Crippen LogP contribution < -0.4 is 0 Å². The van der Waals surface area contributed by atoms with Crippen LogP contribution in [0, 0.1) is 66.7 Å². The molecule has 0 unspecified atom stereocenters. The summed E-state index contributed by atoms with van der Waals surface area (Å²) in [5.41, 5.74) is 26.1.